The largest absolute Gasteiger partial charge is 0.507 e. The molecule has 2 N–H and O–H groups in total. The van der Waals surface area contributed by atoms with Crippen LogP contribution >= 0.6 is 0 Å². The first kappa shape index (κ1) is 14.5. The lowest BCUT2D eigenvalue weighted by Crippen LogP contribution is -2.15. The molecule has 0 aliphatic heterocycles. The van der Waals surface area contributed by atoms with Gasteiger partial charge >= 0.3 is 0 Å². The molecule has 106 valence electrons. The van der Waals surface area contributed by atoms with Crippen molar-refractivity contribution in [1.29, 1.82) is 0 Å². The lowest BCUT2D eigenvalue weighted by atomic mass is 10.1. The number of aromatic hydroxyl groups is 1. The quantitative estimate of drug-likeness (QED) is 0.654. The van der Waals surface area contributed by atoms with Crippen molar-refractivity contribution in [1.82, 2.24) is 0 Å². The van der Waals surface area contributed by atoms with Crippen molar-refractivity contribution in [3.8, 4) is 5.75 Å². The minimum atomic E-state index is -0.367. The van der Waals surface area contributed by atoms with Crippen LogP contribution < -0.4 is 5.32 Å². The van der Waals surface area contributed by atoms with Gasteiger partial charge in [0.25, 0.3) is 0 Å². The number of phenols is 1. The number of rotatable bonds is 5. The molecule has 0 spiro atoms. The highest BCUT2D eigenvalue weighted by Gasteiger charge is 2.07. The normalized spacial score (nSPS) is 10.5. The number of ketones is 1. The van der Waals surface area contributed by atoms with E-state index in [0.717, 1.165) is 0 Å². The third-order valence-corrected chi connectivity index (χ3v) is 2.78. The van der Waals surface area contributed by atoms with Gasteiger partial charge in [-0.2, -0.15) is 0 Å². The number of hydrogen-bond acceptors (Lipinski definition) is 3. The van der Waals surface area contributed by atoms with Crippen LogP contribution in [0.1, 0.15) is 12.0 Å². The van der Waals surface area contributed by atoms with Crippen molar-refractivity contribution >= 4 is 23.5 Å². The van der Waals surface area contributed by atoms with E-state index in [0.29, 0.717) is 11.3 Å². The summed E-state index contributed by atoms with van der Waals surface area (Å²) in [7, 11) is 0. The molecule has 0 aliphatic rings. The molecule has 0 saturated carbocycles. The van der Waals surface area contributed by atoms with Crippen LogP contribution in [0.15, 0.2) is 60.7 Å². The minimum Gasteiger partial charge on any atom is -0.507 e. The molecule has 0 aromatic heterocycles. The van der Waals surface area contributed by atoms with Crippen LogP contribution in [0.2, 0.25) is 0 Å². The zero-order chi connectivity index (χ0) is 15.1. The van der Waals surface area contributed by atoms with E-state index in [-0.39, 0.29) is 23.9 Å². The van der Waals surface area contributed by atoms with Crippen molar-refractivity contribution in [2.75, 3.05) is 5.32 Å². The smallest absolute Gasteiger partial charge is 0.232 e. The van der Waals surface area contributed by atoms with Crippen LogP contribution in [0.3, 0.4) is 0 Å². The summed E-state index contributed by atoms with van der Waals surface area (Å²) in [5.74, 6) is -0.602. The number of anilines is 1. The summed E-state index contributed by atoms with van der Waals surface area (Å²) in [6, 6.07) is 15.6. The highest BCUT2D eigenvalue weighted by Crippen LogP contribution is 2.17. The van der Waals surface area contributed by atoms with E-state index in [9.17, 15) is 14.7 Å². The molecule has 0 heterocycles. The van der Waals surface area contributed by atoms with E-state index >= 15 is 0 Å². The highest BCUT2D eigenvalue weighted by molar-refractivity contribution is 6.09. The Morgan fingerprint density at radius 3 is 2.38 bits per heavy atom. The van der Waals surface area contributed by atoms with Crippen molar-refractivity contribution in [2.45, 2.75) is 6.42 Å². The Morgan fingerprint density at radius 1 is 1.00 bits per heavy atom. The SMILES string of the molecule is O=C(/C=C/c1ccccc1O)CC(=O)Nc1ccccc1. The molecule has 2 aromatic carbocycles. The van der Waals surface area contributed by atoms with E-state index in [1.54, 1.807) is 42.5 Å². The molecular formula is C17H15NO3. The fourth-order valence-electron chi connectivity index (χ4n) is 1.76. The maximum Gasteiger partial charge on any atom is 0.232 e. The first-order valence-electron chi connectivity index (χ1n) is 6.49. The zero-order valence-electron chi connectivity index (χ0n) is 11.3. The Morgan fingerprint density at radius 2 is 1.67 bits per heavy atom. The predicted octanol–water partition coefficient (Wildman–Crippen LogP) is 3.00. The Hall–Kier alpha value is -2.88. The molecule has 2 rings (SSSR count). The van der Waals surface area contributed by atoms with Gasteiger partial charge in [0.15, 0.2) is 5.78 Å². The molecule has 0 saturated heterocycles. The van der Waals surface area contributed by atoms with Gasteiger partial charge in [-0.25, -0.2) is 0 Å². The Labute approximate surface area is 122 Å². The van der Waals surface area contributed by atoms with Gasteiger partial charge in [-0.1, -0.05) is 36.4 Å². The molecule has 0 unspecified atom stereocenters. The first-order chi connectivity index (χ1) is 10.1. The zero-order valence-corrected chi connectivity index (χ0v) is 11.3. The van der Waals surface area contributed by atoms with Gasteiger partial charge in [-0.15, -0.1) is 0 Å². The summed E-state index contributed by atoms with van der Waals surface area (Å²) in [5.41, 5.74) is 1.19. The molecule has 0 atom stereocenters. The summed E-state index contributed by atoms with van der Waals surface area (Å²) in [4.78, 5) is 23.4. The average molecular weight is 281 g/mol. The van der Waals surface area contributed by atoms with E-state index in [2.05, 4.69) is 5.32 Å². The molecule has 4 nitrogen and oxygen atoms in total. The van der Waals surface area contributed by atoms with Crippen molar-refractivity contribution in [3.05, 3.63) is 66.2 Å². The van der Waals surface area contributed by atoms with Crippen LogP contribution in [0.5, 0.6) is 5.75 Å². The molecule has 2 aromatic rings. The Kier molecular flexibility index (Phi) is 4.88. The van der Waals surface area contributed by atoms with E-state index in [1.807, 2.05) is 6.07 Å². The summed E-state index contributed by atoms with van der Waals surface area (Å²) in [5, 5.41) is 12.2. The van der Waals surface area contributed by atoms with Gasteiger partial charge in [0.2, 0.25) is 5.91 Å². The van der Waals surface area contributed by atoms with E-state index in [1.165, 1.54) is 18.2 Å². The number of hydrogen-bond donors (Lipinski definition) is 2. The number of carbonyl (C=O) groups is 2. The molecule has 1 amide bonds. The van der Waals surface area contributed by atoms with E-state index < -0.39 is 0 Å². The second kappa shape index (κ2) is 7.05. The molecule has 0 bridgehead atoms. The van der Waals surface area contributed by atoms with E-state index in [4.69, 9.17) is 0 Å². The maximum absolute atomic E-state index is 11.7. The molecule has 0 radical (unpaired) electrons. The first-order valence-corrected chi connectivity index (χ1v) is 6.49. The fraction of sp³-hybridized carbons (Fsp3) is 0.0588. The molecule has 21 heavy (non-hydrogen) atoms. The van der Waals surface area contributed by atoms with Crippen LogP contribution in [0.4, 0.5) is 5.69 Å². The lowest BCUT2D eigenvalue weighted by Gasteiger charge is -2.02. The van der Waals surface area contributed by atoms with Crippen molar-refractivity contribution < 1.29 is 14.7 Å². The second-order valence-corrected chi connectivity index (χ2v) is 4.45. The number of carbonyl (C=O) groups excluding carboxylic acids is 2. The van der Waals surface area contributed by atoms with Gasteiger partial charge < -0.3 is 10.4 Å². The number of amides is 1. The van der Waals surface area contributed by atoms with Gasteiger partial charge in [-0.3, -0.25) is 9.59 Å². The van der Waals surface area contributed by atoms with Crippen molar-refractivity contribution in [2.24, 2.45) is 0 Å². The summed E-state index contributed by atoms with van der Waals surface area (Å²) >= 11 is 0. The second-order valence-electron chi connectivity index (χ2n) is 4.45. The number of benzene rings is 2. The minimum absolute atomic E-state index is 0.0929. The fourth-order valence-corrected chi connectivity index (χ4v) is 1.76. The summed E-state index contributed by atoms with van der Waals surface area (Å²) < 4.78 is 0. The Bertz CT molecular complexity index is 663. The molecule has 0 fully saturated rings. The number of para-hydroxylation sites is 2. The summed E-state index contributed by atoms with van der Waals surface area (Å²) in [6.45, 7) is 0. The van der Waals surface area contributed by atoms with Crippen LogP contribution in [-0.2, 0) is 9.59 Å². The number of nitrogens with one attached hydrogen (secondary N) is 1. The third-order valence-electron chi connectivity index (χ3n) is 2.78. The van der Waals surface area contributed by atoms with Gasteiger partial charge in [0.1, 0.15) is 5.75 Å². The van der Waals surface area contributed by atoms with Crippen LogP contribution in [-0.4, -0.2) is 16.8 Å². The summed E-state index contributed by atoms with van der Waals surface area (Å²) in [6.07, 6.45) is 2.55. The lowest BCUT2D eigenvalue weighted by molar-refractivity contribution is -0.122. The monoisotopic (exact) mass is 281 g/mol. The topological polar surface area (TPSA) is 66.4 Å². The Balaban J connectivity index is 1.90. The third kappa shape index (κ3) is 4.62. The predicted molar refractivity (Wildman–Crippen MR) is 81.8 cm³/mol. The highest BCUT2D eigenvalue weighted by atomic mass is 16.3. The van der Waals surface area contributed by atoms with Gasteiger partial charge in [-0.05, 0) is 30.4 Å². The maximum atomic E-state index is 11.7. The molecule has 0 aliphatic carbocycles. The van der Waals surface area contributed by atoms with Crippen molar-refractivity contribution in [3.63, 3.8) is 0 Å². The van der Waals surface area contributed by atoms with Gasteiger partial charge in [0.05, 0.1) is 6.42 Å². The molecular weight excluding hydrogens is 266 g/mol. The number of phenolic OH excluding ortho intramolecular Hbond substituents is 1. The molecule has 4 heteroatoms. The standard InChI is InChI=1S/C17H15NO3/c19-15(11-10-13-6-4-5-9-16(13)20)12-17(21)18-14-7-2-1-3-8-14/h1-11,20H,12H2,(H,18,21)/b11-10+. The average Bonchev–Trinajstić information content (AvgIpc) is 2.47. The van der Waals surface area contributed by atoms with Crippen LogP contribution in [0.25, 0.3) is 6.08 Å². The van der Waals surface area contributed by atoms with Gasteiger partial charge in [0, 0.05) is 11.3 Å². The number of allylic oxidation sites excluding steroid dienone is 1. The van der Waals surface area contributed by atoms with Crippen LogP contribution in [0, 0.1) is 0 Å².